The summed E-state index contributed by atoms with van der Waals surface area (Å²) in [5.41, 5.74) is 1.44. The third-order valence-corrected chi connectivity index (χ3v) is 11.5. The molecule has 0 fully saturated rings. The molecule has 0 bridgehead atoms. The summed E-state index contributed by atoms with van der Waals surface area (Å²) >= 11 is 18.2. The zero-order chi connectivity index (χ0) is 19.6. The van der Waals surface area contributed by atoms with Gasteiger partial charge in [-0.15, -0.1) is 22.7 Å². The van der Waals surface area contributed by atoms with Crippen LogP contribution in [0.1, 0.15) is 5.56 Å². The molecular formula is C22H17BrCl3PS2. The third-order valence-electron chi connectivity index (χ3n) is 4.78. The van der Waals surface area contributed by atoms with Crippen molar-refractivity contribution in [2.45, 2.75) is 10.5 Å². The molecule has 0 radical (unpaired) electrons. The van der Waals surface area contributed by atoms with E-state index in [1.54, 1.807) is 10.6 Å². The molecule has 0 saturated heterocycles. The van der Waals surface area contributed by atoms with Crippen molar-refractivity contribution in [3.63, 3.8) is 0 Å². The molecule has 0 atom stereocenters. The first-order valence-corrected chi connectivity index (χ1v) is 13.7. The molecule has 4 aromatic rings. The number of thiophene rings is 2. The van der Waals surface area contributed by atoms with E-state index in [1.165, 1.54) is 20.6 Å². The number of hydrogen-bond acceptors (Lipinski definition) is 2. The van der Waals surface area contributed by atoms with Crippen molar-refractivity contribution in [1.82, 2.24) is 0 Å². The van der Waals surface area contributed by atoms with Crippen LogP contribution in [0.25, 0.3) is 9.75 Å². The quantitative estimate of drug-likeness (QED) is 0.259. The summed E-state index contributed by atoms with van der Waals surface area (Å²) in [5.74, 6) is 0. The van der Waals surface area contributed by atoms with Crippen LogP contribution in [0.5, 0.6) is 0 Å². The van der Waals surface area contributed by atoms with Crippen LogP contribution in [0, 0.1) is 0 Å². The van der Waals surface area contributed by atoms with Crippen molar-refractivity contribution >= 4 is 80.7 Å². The second kappa shape index (κ2) is 10.3. The van der Waals surface area contributed by atoms with Gasteiger partial charge < -0.3 is 17.0 Å². The fourth-order valence-electron chi connectivity index (χ4n) is 3.76. The zero-order valence-electron chi connectivity index (χ0n) is 15.1. The monoisotopic (exact) mass is 560 g/mol. The highest BCUT2D eigenvalue weighted by Crippen LogP contribution is 2.66. The lowest BCUT2D eigenvalue weighted by Gasteiger charge is -2.23. The normalized spacial score (nSPS) is 13.1. The Hall–Kier alpha value is -0.380. The highest BCUT2D eigenvalue weighted by atomic mass is 79.9. The molecule has 2 aromatic heterocycles. The highest BCUT2D eigenvalue weighted by molar-refractivity contribution is 7.96. The number of alkyl halides is 3. The highest BCUT2D eigenvalue weighted by Gasteiger charge is 2.54. The van der Waals surface area contributed by atoms with Gasteiger partial charge in [-0.1, -0.05) is 83.3 Å². The molecule has 5 rings (SSSR count). The average Bonchev–Trinajstić information content (AvgIpc) is 3.40. The summed E-state index contributed by atoms with van der Waals surface area (Å²) in [6, 6.07) is 27.0. The smallest absolute Gasteiger partial charge is 0.180 e. The summed E-state index contributed by atoms with van der Waals surface area (Å²) < 4.78 is -0.750. The van der Waals surface area contributed by atoms with Crippen molar-refractivity contribution in [2.75, 3.05) is 0 Å². The summed E-state index contributed by atoms with van der Waals surface area (Å²) in [4.78, 5) is 3.02. The molecule has 1 aliphatic heterocycles. The molecule has 0 amide bonds. The van der Waals surface area contributed by atoms with Gasteiger partial charge in [-0.2, -0.15) is 0 Å². The first kappa shape index (κ1) is 23.3. The Morgan fingerprint density at radius 1 is 0.690 bits per heavy atom. The SMILES string of the molecule is ClC(Cl)Cl.[Br-].c1ccc(C[P+]2(c3ccccc3)c3ccsc3-c3sccc32)cc1. The lowest BCUT2D eigenvalue weighted by atomic mass is 10.2. The van der Waals surface area contributed by atoms with Gasteiger partial charge in [0.25, 0.3) is 0 Å². The van der Waals surface area contributed by atoms with E-state index in [1.807, 2.05) is 22.7 Å². The van der Waals surface area contributed by atoms with Crippen LogP contribution in [-0.2, 0) is 6.16 Å². The molecule has 3 heterocycles. The van der Waals surface area contributed by atoms with Crippen LogP contribution in [0.3, 0.4) is 0 Å². The molecule has 0 aliphatic carbocycles. The number of halogens is 4. The fourth-order valence-corrected chi connectivity index (χ4v) is 11.5. The maximum absolute atomic E-state index is 4.81. The Bertz CT molecular complexity index is 1010. The maximum atomic E-state index is 4.81. The van der Waals surface area contributed by atoms with E-state index in [9.17, 15) is 0 Å². The van der Waals surface area contributed by atoms with E-state index in [0.29, 0.717) is 0 Å². The van der Waals surface area contributed by atoms with Gasteiger partial charge in [-0.3, -0.25) is 0 Å². The van der Waals surface area contributed by atoms with Crippen molar-refractivity contribution < 1.29 is 17.0 Å². The molecule has 150 valence electrons. The molecule has 0 spiro atoms. The molecule has 0 unspecified atom stereocenters. The van der Waals surface area contributed by atoms with E-state index in [2.05, 4.69) is 83.6 Å². The predicted molar refractivity (Wildman–Crippen MR) is 131 cm³/mol. The van der Waals surface area contributed by atoms with Gasteiger partial charge in [0, 0.05) is 0 Å². The predicted octanol–water partition coefficient (Wildman–Crippen LogP) is 4.27. The van der Waals surface area contributed by atoms with Crippen LogP contribution < -0.4 is 32.9 Å². The minimum absolute atomic E-state index is 0. The van der Waals surface area contributed by atoms with Crippen LogP contribution in [0.2, 0.25) is 0 Å². The molecule has 0 nitrogen and oxygen atoms in total. The van der Waals surface area contributed by atoms with Crippen molar-refractivity contribution in [3.05, 3.63) is 89.1 Å². The van der Waals surface area contributed by atoms with E-state index in [0.717, 1.165) is 6.16 Å². The Morgan fingerprint density at radius 2 is 1.14 bits per heavy atom. The van der Waals surface area contributed by atoms with Gasteiger partial charge in [-0.25, -0.2) is 0 Å². The van der Waals surface area contributed by atoms with Crippen LogP contribution in [0.4, 0.5) is 0 Å². The van der Waals surface area contributed by atoms with E-state index < -0.39 is 11.6 Å². The average molecular weight is 563 g/mol. The Balaban J connectivity index is 0.000000443. The topological polar surface area (TPSA) is 0 Å². The van der Waals surface area contributed by atoms with Crippen molar-refractivity contribution in [3.8, 4) is 9.75 Å². The Morgan fingerprint density at radius 3 is 1.62 bits per heavy atom. The molecule has 0 N–H and O–H groups in total. The van der Waals surface area contributed by atoms with E-state index in [-0.39, 0.29) is 17.0 Å². The van der Waals surface area contributed by atoms with E-state index in [4.69, 9.17) is 34.8 Å². The molecule has 2 aromatic carbocycles. The molecule has 7 heteroatoms. The second-order valence-corrected chi connectivity index (χ2v) is 13.5. The summed E-state index contributed by atoms with van der Waals surface area (Å²) in [6.45, 7) is 0. The molecular weight excluding hydrogens is 546 g/mol. The van der Waals surface area contributed by atoms with Gasteiger partial charge in [0.1, 0.15) is 23.2 Å². The van der Waals surface area contributed by atoms with Gasteiger partial charge in [0.15, 0.2) is 4.30 Å². The molecule has 1 aliphatic rings. The number of fused-ring (bicyclic) bond motifs is 3. The van der Waals surface area contributed by atoms with Gasteiger partial charge in [-0.05, 0) is 40.6 Å². The van der Waals surface area contributed by atoms with Crippen molar-refractivity contribution in [2.24, 2.45) is 0 Å². The maximum Gasteiger partial charge on any atom is 0.180 e. The Labute approximate surface area is 205 Å². The number of benzene rings is 2. The van der Waals surface area contributed by atoms with Gasteiger partial charge >= 0.3 is 0 Å². The van der Waals surface area contributed by atoms with E-state index >= 15 is 0 Å². The third kappa shape index (κ3) is 4.62. The van der Waals surface area contributed by atoms with Crippen LogP contribution >= 0.6 is 64.7 Å². The number of rotatable bonds is 3. The lowest BCUT2D eigenvalue weighted by Crippen LogP contribution is -3.00. The first-order valence-electron chi connectivity index (χ1n) is 8.69. The molecule has 29 heavy (non-hydrogen) atoms. The van der Waals surface area contributed by atoms with Gasteiger partial charge in [0.05, 0.1) is 15.9 Å². The minimum atomic E-state index is -1.58. The van der Waals surface area contributed by atoms with Crippen LogP contribution in [0.15, 0.2) is 83.6 Å². The standard InChI is InChI=1S/C21H16PS2.CHCl3.BrH/c1-3-7-16(8-4-1)15-22(17-9-5-2-6-10-17)18-11-13-23-20(18)21-19(22)12-14-24-21;2-1(3)4;/h1-14H,15H2;1H;1H/q+1;;/p-1. The number of hydrogen-bond donors (Lipinski definition) is 0. The Kier molecular flexibility index (Phi) is 8.26. The lowest BCUT2D eigenvalue weighted by molar-refractivity contribution is -0.00000500. The summed E-state index contributed by atoms with van der Waals surface area (Å²) in [5, 5.41) is 9.23. The molecule has 0 saturated carbocycles. The second-order valence-electron chi connectivity index (χ2n) is 6.31. The van der Waals surface area contributed by atoms with Gasteiger partial charge in [0.2, 0.25) is 0 Å². The fraction of sp³-hybridized carbons (Fsp3) is 0.0909. The van der Waals surface area contributed by atoms with Crippen molar-refractivity contribution in [1.29, 1.82) is 0 Å². The van der Waals surface area contributed by atoms with Crippen LogP contribution in [-0.4, -0.2) is 4.30 Å². The largest absolute Gasteiger partial charge is 1.00 e. The zero-order valence-corrected chi connectivity index (χ0v) is 21.5. The minimum Gasteiger partial charge on any atom is -1.00 e. The first-order chi connectivity index (χ1) is 13.6. The summed E-state index contributed by atoms with van der Waals surface area (Å²) in [7, 11) is -1.58. The summed E-state index contributed by atoms with van der Waals surface area (Å²) in [6.07, 6.45) is 1.12.